The van der Waals surface area contributed by atoms with Crippen LogP contribution in [0.5, 0.6) is 11.5 Å². The number of nitro groups is 1. The molecule has 6 rings (SSSR count). The Kier molecular flexibility index (Phi) is 17.4. The van der Waals surface area contributed by atoms with Crippen LogP contribution in [0.3, 0.4) is 0 Å². The first-order valence-electron chi connectivity index (χ1n) is 21.2. The Morgan fingerprint density at radius 2 is 1.30 bits per heavy atom. The van der Waals surface area contributed by atoms with Crippen LogP contribution in [0.4, 0.5) is 18.9 Å². The highest BCUT2D eigenvalue weighted by molar-refractivity contribution is 6.32. The minimum Gasteiger partial charge on any atom is -0.478 e. The average Bonchev–Trinajstić information content (AvgIpc) is 3.77. The van der Waals surface area contributed by atoms with E-state index in [-0.39, 0.29) is 57.9 Å². The fourth-order valence-electron chi connectivity index (χ4n) is 6.40. The van der Waals surface area contributed by atoms with Gasteiger partial charge in [-0.2, -0.15) is 13.2 Å². The zero-order chi connectivity index (χ0) is 52.6. The van der Waals surface area contributed by atoms with Crippen molar-refractivity contribution < 1.29 is 71.3 Å². The minimum atomic E-state index is -4.61. The van der Waals surface area contributed by atoms with Gasteiger partial charge in [-0.15, -0.1) is 0 Å². The lowest BCUT2D eigenvalue weighted by Crippen LogP contribution is -2.41. The summed E-state index contributed by atoms with van der Waals surface area (Å²) in [5.74, 6) is -4.08. The Bertz CT molecular complexity index is 2810. The molecular formula is C48H49ClF3N5O13. The molecule has 2 atom stereocenters. The number of amidine groups is 2. The van der Waals surface area contributed by atoms with Crippen molar-refractivity contribution in [1.29, 1.82) is 0 Å². The second-order valence-electron chi connectivity index (χ2n) is 16.7. The van der Waals surface area contributed by atoms with Gasteiger partial charge in [-0.05, 0) is 88.9 Å². The van der Waals surface area contributed by atoms with Crippen molar-refractivity contribution >= 4 is 64.7 Å². The monoisotopic (exact) mass is 995 g/mol. The molecular weight excluding hydrogens is 947 g/mol. The van der Waals surface area contributed by atoms with Crippen LogP contribution in [-0.4, -0.2) is 86.8 Å². The number of nitrogens with one attached hydrogen (secondary N) is 2. The Balaban J connectivity index is 0.000000236. The normalized spacial score (nSPS) is 17.2. The van der Waals surface area contributed by atoms with E-state index in [1.54, 1.807) is 38.1 Å². The molecule has 0 fully saturated rings. The molecule has 0 aliphatic carbocycles. The van der Waals surface area contributed by atoms with E-state index in [0.29, 0.717) is 28.9 Å². The predicted molar refractivity (Wildman–Crippen MR) is 249 cm³/mol. The summed E-state index contributed by atoms with van der Waals surface area (Å²) < 4.78 is 52.8. The molecule has 18 nitrogen and oxygen atoms in total. The number of nitrogens with zero attached hydrogens (tertiary/aromatic N) is 3. The molecule has 2 unspecified atom stereocenters. The number of aromatic carboxylic acids is 2. The number of carboxylic acids is 2. The number of carboxylic acid groups (broad SMARTS) is 2. The maximum atomic E-state index is 12.7. The van der Waals surface area contributed by atoms with Crippen LogP contribution in [0, 0.1) is 35.8 Å². The maximum Gasteiger partial charge on any atom is 0.416 e. The number of halogens is 4. The Morgan fingerprint density at radius 3 is 1.79 bits per heavy atom. The summed E-state index contributed by atoms with van der Waals surface area (Å²) >= 11 is 5.81. The number of hydrogen-bond acceptors (Lipinski definition) is 13. The molecule has 0 spiro atoms. The van der Waals surface area contributed by atoms with Gasteiger partial charge in [-0.25, -0.2) is 19.2 Å². The molecule has 2 aliphatic heterocycles. The molecule has 2 amide bonds. The number of alkyl halides is 3. The summed E-state index contributed by atoms with van der Waals surface area (Å²) in [6.45, 7) is 15.7. The van der Waals surface area contributed by atoms with Crippen LogP contribution in [0.2, 0.25) is 5.02 Å². The molecule has 4 aromatic carbocycles. The third-order valence-electron chi connectivity index (χ3n) is 11.1. The first-order chi connectivity index (χ1) is 32.5. The quantitative estimate of drug-likeness (QED) is 0.0555. The molecule has 22 heteroatoms. The number of benzene rings is 4. The third-order valence-corrected chi connectivity index (χ3v) is 11.4. The van der Waals surface area contributed by atoms with Gasteiger partial charge < -0.3 is 35.1 Å². The highest BCUT2D eigenvalue weighted by Crippen LogP contribution is 2.37. The van der Waals surface area contributed by atoms with E-state index >= 15 is 0 Å². The number of rotatable bonds is 13. The lowest BCUT2D eigenvalue weighted by molar-refractivity contribution is -0.385. The van der Waals surface area contributed by atoms with Crippen LogP contribution in [0.25, 0.3) is 0 Å². The number of hydrogen-bond donors (Lipinski definition) is 4. The summed E-state index contributed by atoms with van der Waals surface area (Å²) in [7, 11) is 0. The Hall–Kier alpha value is -7.68. The number of carbonyl (C=O) groups is 6. The lowest BCUT2D eigenvalue weighted by atomic mass is 9.89. The number of esters is 2. The van der Waals surface area contributed by atoms with Gasteiger partial charge in [0, 0.05) is 23.3 Å². The number of nitro benzene ring substituents is 1. The third kappa shape index (κ3) is 12.9. The highest BCUT2D eigenvalue weighted by atomic mass is 35.5. The molecule has 4 N–H and O–H groups in total. The van der Waals surface area contributed by atoms with Crippen molar-refractivity contribution in [3.63, 3.8) is 0 Å². The summed E-state index contributed by atoms with van der Waals surface area (Å²) in [6.07, 6.45) is -4.61. The fourth-order valence-corrected chi connectivity index (χ4v) is 6.62. The van der Waals surface area contributed by atoms with Crippen molar-refractivity contribution in [3.8, 4) is 11.5 Å². The zero-order valence-corrected chi connectivity index (χ0v) is 40.0. The van der Waals surface area contributed by atoms with Gasteiger partial charge in [0.25, 0.3) is 17.5 Å². The van der Waals surface area contributed by atoms with Gasteiger partial charge in [0.15, 0.2) is 6.61 Å². The van der Waals surface area contributed by atoms with Crippen molar-refractivity contribution in [2.45, 2.75) is 79.6 Å². The summed E-state index contributed by atoms with van der Waals surface area (Å²) in [5, 5.41) is 34.8. The predicted octanol–water partition coefficient (Wildman–Crippen LogP) is 8.75. The van der Waals surface area contributed by atoms with Gasteiger partial charge in [0.1, 0.15) is 39.8 Å². The van der Waals surface area contributed by atoms with Crippen LogP contribution < -0.4 is 15.4 Å². The molecule has 372 valence electrons. The Labute approximate surface area is 404 Å². The number of aryl methyl sites for hydroxylation is 2. The van der Waals surface area contributed by atoms with Crippen LogP contribution >= 0.6 is 11.6 Å². The van der Waals surface area contributed by atoms with Gasteiger partial charge in [-0.3, -0.25) is 29.7 Å². The molecule has 0 bridgehead atoms. The number of carbonyl (C=O) groups excluding carboxylic acids is 4. The van der Waals surface area contributed by atoms with Crippen LogP contribution in [-0.2, 0) is 30.0 Å². The molecule has 2 heterocycles. The SMILES string of the molecule is CCOC(=O)COC(=O)c1cc(Oc2ccc(C(F)(F)F)cc2Cl)ccc1[N+](=O)[O-].Cc1ccc(C(=O)O)c(C2=NC(C)(C(C)C)C(=O)N2)c1.Cc1ccc(C2=NC(C)(C(C)C)C(=O)N2)c(C(=O)O)c1. The van der Waals surface area contributed by atoms with E-state index in [1.807, 2.05) is 47.6 Å². The van der Waals surface area contributed by atoms with E-state index in [1.165, 1.54) is 13.0 Å². The van der Waals surface area contributed by atoms with E-state index in [2.05, 4.69) is 25.4 Å². The van der Waals surface area contributed by atoms with Crippen LogP contribution in [0.1, 0.15) is 107 Å². The summed E-state index contributed by atoms with van der Waals surface area (Å²) in [5.41, 5.74) is -0.907. The first-order valence-corrected chi connectivity index (χ1v) is 21.6. The van der Waals surface area contributed by atoms with Gasteiger partial charge in [0.05, 0.1) is 33.2 Å². The Morgan fingerprint density at radius 1 is 0.757 bits per heavy atom. The lowest BCUT2D eigenvalue weighted by Gasteiger charge is -2.21. The summed E-state index contributed by atoms with van der Waals surface area (Å²) in [6, 6.07) is 15.4. The maximum absolute atomic E-state index is 12.7. The zero-order valence-electron chi connectivity index (χ0n) is 39.2. The average molecular weight is 996 g/mol. The number of amides is 2. The first kappa shape index (κ1) is 54.9. The van der Waals surface area contributed by atoms with E-state index in [0.717, 1.165) is 41.5 Å². The van der Waals surface area contributed by atoms with Crippen molar-refractivity contribution in [2.24, 2.45) is 21.8 Å². The molecule has 0 radical (unpaired) electrons. The second kappa shape index (κ2) is 22.2. The van der Waals surface area contributed by atoms with Gasteiger partial charge >= 0.3 is 30.1 Å². The molecule has 4 aromatic rings. The topological polar surface area (TPSA) is 262 Å². The van der Waals surface area contributed by atoms with Crippen molar-refractivity contribution in [1.82, 2.24) is 10.6 Å². The van der Waals surface area contributed by atoms with Crippen molar-refractivity contribution in [3.05, 3.63) is 132 Å². The molecule has 0 aromatic heterocycles. The fraction of sp³-hybridized carbons (Fsp3) is 0.333. The van der Waals surface area contributed by atoms with Crippen LogP contribution in [0.15, 0.2) is 82.8 Å². The molecule has 0 saturated heterocycles. The smallest absolute Gasteiger partial charge is 0.416 e. The number of aliphatic imine (C=N–C) groups is 2. The van der Waals surface area contributed by atoms with Gasteiger partial charge in [-0.1, -0.05) is 68.6 Å². The van der Waals surface area contributed by atoms with E-state index in [4.69, 9.17) is 21.1 Å². The molecule has 0 saturated carbocycles. The molecule has 70 heavy (non-hydrogen) atoms. The minimum absolute atomic E-state index is 0.0260. The van der Waals surface area contributed by atoms with E-state index in [9.17, 15) is 62.3 Å². The van der Waals surface area contributed by atoms with Crippen molar-refractivity contribution in [2.75, 3.05) is 13.2 Å². The number of ether oxygens (including phenoxy) is 3. The summed E-state index contributed by atoms with van der Waals surface area (Å²) in [4.78, 5) is 89.5. The molecule has 2 aliphatic rings. The largest absolute Gasteiger partial charge is 0.478 e. The standard InChI is InChI=1S/C18H13ClF3NO7.2C15H18N2O3/c1-2-28-16(24)9-29-17(25)12-8-11(4-5-14(12)23(26)27)30-15-6-3-10(7-13(15)19)18(20,21)22;1-8(2)15(4)14(20)16-12(17-15)11-7-9(3)5-6-10(11)13(18)19;1-8(2)15(4)14(20)16-12(17-15)10-6-5-9(3)7-11(10)13(18)19/h3-8H,2,9H2,1H3;2*5-8H,1-4H3,(H,18,19)(H,16,17,20). The van der Waals surface area contributed by atoms with E-state index < -0.39 is 69.5 Å². The highest BCUT2D eigenvalue weighted by Gasteiger charge is 2.44. The second-order valence-corrected chi connectivity index (χ2v) is 17.1. The van der Waals surface area contributed by atoms with Gasteiger partial charge in [0.2, 0.25) is 0 Å².